The Balaban J connectivity index is 0.955. The molecular formula is C43H63FN5O8P. The maximum Gasteiger partial charge on any atom is 0.472 e. The number of phosphoric acid groups is 1. The van der Waals surface area contributed by atoms with E-state index in [0.29, 0.717) is 29.0 Å². The average molecular weight is 828 g/mol. The number of benzene rings is 1. The maximum absolute atomic E-state index is 14.2. The molecule has 4 heterocycles. The summed E-state index contributed by atoms with van der Waals surface area (Å²) in [4.78, 5) is 15.0. The quantitative estimate of drug-likeness (QED) is 0.0551. The summed E-state index contributed by atoms with van der Waals surface area (Å²) in [6.45, 7) is 5.58. The van der Waals surface area contributed by atoms with Crippen LogP contribution in [0.2, 0.25) is 0 Å². The molecule has 2 aliphatic heterocycles. The molecular weight excluding hydrogens is 764 g/mol. The topological polar surface area (TPSA) is 173 Å². The van der Waals surface area contributed by atoms with E-state index in [2.05, 4.69) is 17.0 Å². The van der Waals surface area contributed by atoms with Gasteiger partial charge < -0.3 is 29.6 Å². The number of aromatic nitrogens is 3. The van der Waals surface area contributed by atoms with Crippen molar-refractivity contribution in [2.45, 2.75) is 185 Å². The number of phosphoric ester groups is 1. The predicted octanol–water partition coefficient (Wildman–Crippen LogP) is 9.80. The molecule has 3 fully saturated rings. The first-order valence-electron chi connectivity index (χ1n) is 21.5. The number of rotatable bonds is 27. The number of anilines is 1. The zero-order chi connectivity index (χ0) is 41.2. The van der Waals surface area contributed by atoms with Crippen LogP contribution in [0.1, 0.15) is 159 Å². The molecule has 0 bridgehead atoms. The zero-order valence-electron chi connectivity index (χ0n) is 34.5. The van der Waals surface area contributed by atoms with Gasteiger partial charge >= 0.3 is 7.82 Å². The number of hydrogen-bond acceptors (Lipinski definition) is 11. The van der Waals surface area contributed by atoms with Crippen LogP contribution in [-0.4, -0.2) is 61.9 Å². The molecule has 1 aliphatic carbocycles. The van der Waals surface area contributed by atoms with Gasteiger partial charge in [0.15, 0.2) is 17.2 Å². The van der Waals surface area contributed by atoms with Crippen molar-refractivity contribution in [2.75, 3.05) is 12.3 Å². The van der Waals surface area contributed by atoms with Crippen LogP contribution in [0, 0.1) is 17.1 Å². The van der Waals surface area contributed by atoms with Gasteiger partial charge in [-0.3, -0.25) is 9.05 Å². The highest BCUT2D eigenvalue weighted by molar-refractivity contribution is 7.47. The van der Waals surface area contributed by atoms with Crippen molar-refractivity contribution >= 4 is 19.2 Å². The van der Waals surface area contributed by atoms with Gasteiger partial charge in [0.2, 0.25) is 0 Å². The Bertz CT molecular complexity index is 1870. The van der Waals surface area contributed by atoms with Crippen LogP contribution < -0.4 is 5.73 Å². The van der Waals surface area contributed by atoms with E-state index in [1.165, 1.54) is 102 Å². The van der Waals surface area contributed by atoms with Gasteiger partial charge in [-0.15, -0.1) is 0 Å². The summed E-state index contributed by atoms with van der Waals surface area (Å²) >= 11 is 0. The Hall–Kier alpha value is -2.99. The Labute approximate surface area is 342 Å². The highest BCUT2D eigenvalue weighted by Crippen LogP contribution is 2.68. The van der Waals surface area contributed by atoms with Gasteiger partial charge in [-0.25, -0.2) is 18.5 Å². The minimum atomic E-state index is -4.65. The molecule has 6 rings (SSSR count). The fourth-order valence-corrected chi connectivity index (χ4v) is 9.58. The van der Waals surface area contributed by atoms with Crippen LogP contribution in [-0.2, 0) is 39.2 Å². The molecule has 320 valence electrons. The van der Waals surface area contributed by atoms with Crippen molar-refractivity contribution in [1.29, 1.82) is 5.26 Å². The van der Waals surface area contributed by atoms with E-state index in [-0.39, 0.29) is 18.8 Å². The second-order valence-electron chi connectivity index (χ2n) is 16.7. The second-order valence-corrected chi connectivity index (χ2v) is 18.1. The Kier molecular flexibility index (Phi) is 15.8. The fourth-order valence-electron chi connectivity index (χ4n) is 8.60. The average Bonchev–Trinajstić information content (AvgIpc) is 3.50. The number of hydrogen-bond donors (Lipinski definition) is 2. The van der Waals surface area contributed by atoms with Crippen LogP contribution >= 0.6 is 7.82 Å². The molecule has 58 heavy (non-hydrogen) atoms. The normalized spacial score (nSPS) is 24.7. The molecule has 13 nitrogen and oxygen atoms in total. The molecule has 0 radical (unpaired) electrons. The number of fused-ring (bicyclic) bond motifs is 1. The van der Waals surface area contributed by atoms with Crippen molar-refractivity contribution in [1.82, 2.24) is 14.6 Å². The van der Waals surface area contributed by atoms with E-state index >= 15 is 0 Å². The van der Waals surface area contributed by atoms with Gasteiger partial charge in [0.1, 0.15) is 42.1 Å². The van der Waals surface area contributed by atoms with Gasteiger partial charge in [-0.05, 0) is 56.2 Å². The summed E-state index contributed by atoms with van der Waals surface area (Å²) in [6, 6.07) is 9.63. The molecule has 3 aliphatic rings. The maximum atomic E-state index is 14.2. The number of halogens is 1. The predicted molar refractivity (Wildman–Crippen MR) is 217 cm³/mol. The Morgan fingerprint density at radius 3 is 2.24 bits per heavy atom. The van der Waals surface area contributed by atoms with Crippen molar-refractivity contribution < 1.29 is 41.8 Å². The number of nitriles is 1. The van der Waals surface area contributed by atoms with E-state index in [1.54, 1.807) is 30.5 Å². The summed E-state index contributed by atoms with van der Waals surface area (Å²) in [6.07, 6.45) is 19.9. The summed E-state index contributed by atoms with van der Waals surface area (Å²) in [5.41, 5.74) is 6.88. The van der Waals surface area contributed by atoms with Crippen molar-refractivity contribution in [3.63, 3.8) is 0 Å². The van der Waals surface area contributed by atoms with E-state index in [4.69, 9.17) is 33.7 Å². The van der Waals surface area contributed by atoms with E-state index in [0.717, 1.165) is 25.3 Å². The first kappa shape index (κ1) is 44.6. The van der Waals surface area contributed by atoms with Crippen molar-refractivity contribution in [3.8, 4) is 6.07 Å². The molecule has 1 spiro atoms. The van der Waals surface area contributed by atoms with E-state index < -0.39 is 55.5 Å². The number of nitrogens with zero attached hydrogens (tertiary/aromatic N) is 4. The SMILES string of the molecule is CCCCCCCCCCCCCCCCCCC[C@H](COP(=O)(O)OC1[C@H]2O[C@@H](c3ccc4c(N)ncnn34)[C@@H]3OC(C)(C)O[C@]123)OCc1cc(F)cc(C#N)c1. The monoisotopic (exact) mass is 827 g/mol. The van der Waals surface area contributed by atoms with Crippen LogP contribution in [0.4, 0.5) is 10.2 Å². The van der Waals surface area contributed by atoms with Crippen LogP contribution in [0.25, 0.3) is 5.52 Å². The molecule has 3 N–H and O–H groups in total. The van der Waals surface area contributed by atoms with E-state index in [9.17, 15) is 19.1 Å². The lowest BCUT2D eigenvalue weighted by Crippen LogP contribution is -2.33. The van der Waals surface area contributed by atoms with Gasteiger partial charge in [0.25, 0.3) is 0 Å². The lowest BCUT2D eigenvalue weighted by molar-refractivity contribution is -0.176. The highest BCUT2D eigenvalue weighted by atomic mass is 31.2. The van der Waals surface area contributed by atoms with Crippen LogP contribution in [0.5, 0.6) is 0 Å². The standard InChI is InChI=1S/C43H63FN5O8P/c1-4-5-6-7-8-9-10-11-12-13-14-15-16-17-18-19-20-21-34(52-28-32-24-31(27-45)25-33(44)26-32)29-53-58(50,51)56-40-39-43(40)38(55-42(2,3)57-43)37(54-39)35-22-23-36-41(46)47-30-48-49(35)36/h22-26,30,34,37-40H,4-21,28-29H2,1-3H3,(H,50,51)(H2,46,47,48)/t34-,37+,38+,39-,40?,43+/m1/s1. The van der Waals surface area contributed by atoms with Gasteiger partial charge in [-0.2, -0.15) is 10.4 Å². The molecule has 3 aromatic rings. The molecule has 7 atom stereocenters. The smallest absolute Gasteiger partial charge is 0.382 e. The summed E-state index contributed by atoms with van der Waals surface area (Å²) in [5, 5.41) is 13.6. The summed E-state index contributed by atoms with van der Waals surface area (Å²) in [7, 11) is -4.65. The molecule has 1 aromatic carbocycles. The van der Waals surface area contributed by atoms with Gasteiger partial charge in [0, 0.05) is 0 Å². The molecule has 2 unspecified atom stereocenters. The fraction of sp³-hybridized carbons (Fsp3) is 0.698. The number of nitrogen functional groups attached to an aromatic ring is 1. The van der Waals surface area contributed by atoms with Gasteiger partial charge in [-0.1, -0.05) is 116 Å². The third-order valence-corrected chi connectivity index (χ3v) is 12.5. The third kappa shape index (κ3) is 11.4. The summed E-state index contributed by atoms with van der Waals surface area (Å²) < 4.78 is 65.7. The second kappa shape index (κ2) is 20.5. The zero-order valence-corrected chi connectivity index (χ0v) is 35.4. The Morgan fingerprint density at radius 1 is 0.966 bits per heavy atom. The largest absolute Gasteiger partial charge is 0.472 e. The minimum absolute atomic E-state index is 0.00593. The van der Waals surface area contributed by atoms with Crippen LogP contribution in [0.3, 0.4) is 0 Å². The van der Waals surface area contributed by atoms with Crippen molar-refractivity contribution in [3.05, 3.63) is 59.3 Å². The minimum Gasteiger partial charge on any atom is -0.382 e. The highest BCUT2D eigenvalue weighted by Gasteiger charge is 2.85. The number of ether oxygens (including phenoxy) is 4. The lowest BCUT2D eigenvalue weighted by atomic mass is 10.0. The number of nitrogens with two attached hydrogens (primary N) is 1. The molecule has 15 heteroatoms. The van der Waals surface area contributed by atoms with Crippen molar-refractivity contribution in [2.24, 2.45) is 0 Å². The molecule has 2 aromatic heterocycles. The summed E-state index contributed by atoms with van der Waals surface area (Å²) in [5.74, 6) is -1.23. The van der Waals surface area contributed by atoms with Crippen LogP contribution in [0.15, 0.2) is 36.7 Å². The first-order valence-corrected chi connectivity index (χ1v) is 23.0. The van der Waals surface area contributed by atoms with Gasteiger partial charge in [0.05, 0.1) is 36.6 Å². The first-order chi connectivity index (χ1) is 28.0. The number of unbranched alkanes of at least 4 members (excludes halogenated alkanes) is 16. The lowest BCUT2D eigenvalue weighted by Gasteiger charge is -2.24. The van der Waals surface area contributed by atoms with E-state index in [1.807, 2.05) is 12.1 Å². The molecule has 0 amide bonds. The third-order valence-electron chi connectivity index (χ3n) is 11.6. The molecule has 2 saturated heterocycles. The molecule has 1 saturated carbocycles. The Morgan fingerprint density at radius 2 is 1.60 bits per heavy atom.